The highest BCUT2D eigenvalue weighted by molar-refractivity contribution is 7.17. The van der Waals surface area contributed by atoms with Crippen molar-refractivity contribution in [1.29, 1.82) is 0 Å². The second-order valence-electron chi connectivity index (χ2n) is 5.99. The third kappa shape index (κ3) is 2.97. The molecule has 4 rings (SSSR count). The van der Waals surface area contributed by atoms with E-state index in [-0.39, 0.29) is 5.91 Å². The van der Waals surface area contributed by atoms with E-state index in [4.69, 9.17) is 4.74 Å². The molecule has 0 aliphatic carbocycles. The van der Waals surface area contributed by atoms with Gasteiger partial charge in [0.25, 0.3) is 5.91 Å². The number of nitrogens with zero attached hydrogens (tertiary/aromatic N) is 2. The Kier molecular flexibility index (Phi) is 4.36. The Bertz CT molecular complexity index is 832. The summed E-state index contributed by atoms with van der Waals surface area (Å²) in [6.07, 6.45) is 0.920. The highest BCUT2D eigenvalue weighted by Crippen LogP contribution is 2.26. The molecule has 0 radical (unpaired) electrons. The maximum Gasteiger partial charge on any atom is 0.270 e. The number of carbonyl (C=O) groups is 1. The molecule has 1 aromatic carbocycles. The number of morpholine rings is 1. The van der Waals surface area contributed by atoms with Crippen molar-refractivity contribution in [1.82, 2.24) is 9.47 Å². The van der Waals surface area contributed by atoms with Gasteiger partial charge in [-0.05, 0) is 29.5 Å². The Morgan fingerprint density at radius 3 is 2.71 bits per heavy atom. The van der Waals surface area contributed by atoms with E-state index in [1.807, 2.05) is 17.0 Å². The minimum absolute atomic E-state index is 0.120. The van der Waals surface area contributed by atoms with Crippen LogP contribution in [0.2, 0.25) is 0 Å². The predicted octanol–water partition coefficient (Wildman–Crippen LogP) is 3.42. The number of hydrogen-bond donors (Lipinski definition) is 0. The van der Waals surface area contributed by atoms with Crippen molar-refractivity contribution in [3.05, 3.63) is 59.1 Å². The van der Waals surface area contributed by atoms with Crippen LogP contribution >= 0.6 is 11.3 Å². The second kappa shape index (κ2) is 6.79. The number of ether oxygens (including phenoxy) is 1. The van der Waals surface area contributed by atoms with E-state index in [0.29, 0.717) is 26.3 Å². The summed E-state index contributed by atoms with van der Waals surface area (Å²) in [6, 6.07) is 14.6. The number of fused-ring (bicyclic) bond motifs is 1. The van der Waals surface area contributed by atoms with Gasteiger partial charge in [-0.3, -0.25) is 4.79 Å². The van der Waals surface area contributed by atoms with Crippen LogP contribution in [0.25, 0.3) is 10.2 Å². The summed E-state index contributed by atoms with van der Waals surface area (Å²) in [5, 5.41) is 2.09. The average Bonchev–Trinajstić information content (AvgIpc) is 3.22. The molecule has 0 N–H and O–H groups in total. The standard InChI is InChI=1S/C19H20N2O2S/c22-19(20-9-11-23-12-10-20)17-14-18-16(7-13-24-18)21(17)8-6-15-4-2-1-3-5-15/h1-5,7,13-14H,6,8-12H2. The summed E-state index contributed by atoms with van der Waals surface area (Å²) in [5.41, 5.74) is 3.25. The van der Waals surface area contributed by atoms with Crippen LogP contribution in [0.4, 0.5) is 0 Å². The molecule has 124 valence electrons. The molecule has 5 heteroatoms. The van der Waals surface area contributed by atoms with E-state index in [1.165, 1.54) is 10.3 Å². The van der Waals surface area contributed by atoms with Crippen LogP contribution in [0.3, 0.4) is 0 Å². The summed E-state index contributed by atoms with van der Waals surface area (Å²) in [4.78, 5) is 14.9. The van der Waals surface area contributed by atoms with Crippen LogP contribution < -0.4 is 0 Å². The van der Waals surface area contributed by atoms with Crippen LogP contribution in [0.1, 0.15) is 16.1 Å². The highest BCUT2D eigenvalue weighted by atomic mass is 32.1. The van der Waals surface area contributed by atoms with Gasteiger partial charge in [-0.1, -0.05) is 30.3 Å². The molecule has 0 atom stereocenters. The average molecular weight is 340 g/mol. The molecule has 1 fully saturated rings. The van der Waals surface area contributed by atoms with E-state index >= 15 is 0 Å². The number of hydrogen-bond acceptors (Lipinski definition) is 3. The van der Waals surface area contributed by atoms with Crippen molar-refractivity contribution in [3.8, 4) is 0 Å². The summed E-state index contributed by atoms with van der Waals surface area (Å²) in [5.74, 6) is 0.120. The highest BCUT2D eigenvalue weighted by Gasteiger charge is 2.23. The molecule has 0 saturated carbocycles. The van der Waals surface area contributed by atoms with Gasteiger partial charge in [0.15, 0.2) is 0 Å². The van der Waals surface area contributed by atoms with Crippen molar-refractivity contribution in [2.24, 2.45) is 0 Å². The first-order chi connectivity index (χ1) is 11.8. The summed E-state index contributed by atoms with van der Waals surface area (Å²) in [6.45, 7) is 3.43. The van der Waals surface area contributed by atoms with Crippen molar-refractivity contribution >= 4 is 27.5 Å². The maximum atomic E-state index is 13.0. The number of aromatic nitrogens is 1. The van der Waals surface area contributed by atoms with Gasteiger partial charge < -0.3 is 14.2 Å². The van der Waals surface area contributed by atoms with Crippen LogP contribution in [-0.2, 0) is 17.7 Å². The number of amides is 1. The Morgan fingerprint density at radius 2 is 1.92 bits per heavy atom. The quantitative estimate of drug-likeness (QED) is 0.729. The fraction of sp³-hybridized carbons (Fsp3) is 0.316. The predicted molar refractivity (Wildman–Crippen MR) is 96.7 cm³/mol. The molecular weight excluding hydrogens is 320 g/mol. The lowest BCUT2D eigenvalue weighted by Crippen LogP contribution is -2.41. The lowest BCUT2D eigenvalue weighted by molar-refractivity contribution is 0.0296. The normalized spacial score (nSPS) is 15.1. The summed E-state index contributed by atoms with van der Waals surface area (Å²) >= 11 is 1.69. The van der Waals surface area contributed by atoms with Crippen molar-refractivity contribution in [2.45, 2.75) is 13.0 Å². The SMILES string of the molecule is O=C(c1cc2sccc2n1CCc1ccccc1)N1CCOCC1. The molecule has 2 aromatic heterocycles. The maximum absolute atomic E-state index is 13.0. The van der Waals surface area contributed by atoms with Crippen molar-refractivity contribution in [3.63, 3.8) is 0 Å². The molecule has 4 nitrogen and oxygen atoms in total. The number of aryl methyl sites for hydroxylation is 2. The van der Waals surface area contributed by atoms with Crippen LogP contribution in [-0.4, -0.2) is 41.7 Å². The molecule has 24 heavy (non-hydrogen) atoms. The van der Waals surface area contributed by atoms with Gasteiger partial charge in [-0.2, -0.15) is 0 Å². The second-order valence-corrected chi connectivity index (χ2v) is 6.94. The Morgan fingerprint density at radius 1 is 1.12 bits per heavy atom. The lowest BCUT2D eigenvalue weighted by atomic mass is 10.1. The van der Waals surface area contributed by atoms with E-state index in [1.54, 1.807) is 11.3 Å². The van der Waals surface area contributed by atoms with Gasteiger partial charge in [-0.25, -0.2) is 0 Å². The van der Waals surface area contributed by atoms with Gasteiger partial charge >= 0.3 is 0 Å². The zero-order chi connectivity index (χ0) is 16.4. The first-order valence-electron chi connectivity index (χ1n) is 8.30. The molecule has 0 unspecified atom stereocenters. The zero-order valence-corrected chi connectivity index (χ0v) is 14.3. The molecule has 1 aliphatic rings. The molecule has 0 spiro atoms. The number of carbonyl (C=O) groups excluding carboxylic acids is 1. The first kappa shape index (κ1) is 15.4. The van der Waals surface area contributed by atoms with Crippen LogP contribution in [0, 0.1) is 0 Å². The molecule has 3 aromatic rings. The van der Waals surface area contributed by atoms with Crippen molar-refractivity contribution < 1.29 is 9.53 Å². The van der Waals surface area contributed by atoms with E-state index in [0.717, 1.165) is 24.2 Å². The van der Waals surface area contributed by atoms with Gasteiger partial charge in [0, 0.05) is 19.6 Å². The van der Waals surface area contributed by atoms with Crippen LogP contribution in [0.5, 0.6) is 0 Å². The molecule has 1 amide bonds. The van der Waals surface area contributed by atoms with Gasteiger partial charge in [-0.15, -0.1) is 11.3 Å². The van der Waals surface area contributed by atoms with Gasteiger partial charge in [0.1, 0.15) is 5.69 Å². The third-order valence-corrected chi connectivity index (χ3v) is 5.36. The fourth-order valence-electron chi connectivity index (χ4n) is 3.21. The third-order valence-electron chi connectivity index (χ3n) is 4.51. The molecule has 1 saturated heterocycles. The number of thiophene rings is 1. The Balaban J connectivity index is 1.62. The summed E-state index contributed by atoms with van der Waals surface area (Å²) < 4.78 is 8.72. The van der Waals surface area contributed by atoms with Gasteiger partial charge in [0.2, 0.25) is 0 Å². The van der Waals surface area contributed by atoms with Crippen LogP contribution in [0.15, 0.2) is 47.8 Å². The molecule has 0 bridgehead atoms. The van der Waals surface area contributed by atoms with E-state index in [2.05, 4.69) is 40.3 Å². The Labute approximate surface area is 145 Å². The lowest BCUT2D eigenvalue weighted by Gasteiger charge is -2.27. The monoisotopic (exact) mass is 340 g/mol. The topological polar surface area (TPSA) is 34.5 Å². The molecule has 1 aliphatic heterocycles. The Hall–Kier alpha value is -2.11. The number of rotatable bonds is 4. The fourth-order valence-corrected chi connectivity index (χ4v) is 4.03. The smallest absolute Gasteiger partial charge is 0.270 e. The van der Waals surface area contributed by atoms with E-state index in [9.17, 15) is 4.79 Å². The first-order valence-corrected chi connectivity index (χ1v) is 9.18. The van der Waals surface area contributed by atoms with Gasteiger partial charge in [0.05, 0.1) is 23.4 Å². The summed E-state index contributed by atoms with van der Waals surface area (Å²) in [7, 11) is 0. The molecule has 3 heterocycles. The van der Waals surface area contributed by atoms with E-state index < -0.39 is 0 Å². The van der Waals surface area contributed by atoms with Crippen molar-refractivity contribution in [2.75, 3.05) is 26.3 Å². The zero-order valence-electron chi connectivity index (χ0n) is 13.5. The minimum Gasteiger partial charge on any atom is -0.378 e. The molecular formula is C19H20N2O2S. The number of benzene rings is 1. The largest absolute Gasteiger partial charge is 0.378 e. The minimum atomic E-state index is 0.120.